The molecule has 2 radical (unpaired) electrons. The molecule has 0 N–H and O–H groups in total. The van der Waals surface area contributed by atoms with Gasteiger partial charge in [-0.05, 0) is 30.8 Å². The van der Waals surface area contributed by atoms with E-state index >= 15 is 0 Å². The number of hydrogen-bond donors (Lipinski definition) is 0. The summed E-state index contributed by atoms with van der Waals surface area (Å²) in [5.41, 5.74) is 0.442. The Bertz CT molecular complexity index is 444. The molecule has 3 nitrogen and oxygen atoms in total. The van der Waals surface area contributed by atoms with Crippen LogP contribution in [-0.2, 0) is 9.53 Å². The topological polar surface area (TPSA) is 43.4 Å². The molecule has 0 saturated heterocycles. The Morgan fingerprint density at radius 3 is 2.61 bits per heavy atom. The highest BCUT2D eigenvalue weighted by Crippen LogP contribution is 2.34. The van der Waals surface area contributed by atoms with Crippen molar-refractivity contribution in [2.24, 2.45) is 5.92 Å². The van der Waals surface area contributed by atoms with Gasteiger partial charge in [0.05, 0.1) is 13.4 Å². The maximum Gasteiger partial charge on any atom is 0.338 e. The first-order valence-electron chi connectivity index (χ1n) is 6.18. The first kappa shape index (κ1) is 12.9. The average molecular weight is 242 g/mol. The van der Waals surface area contributed by atoms with Crippen LogP contribution in [0.1, 0.15) is 30.1 Å². The number of Topliss-reactive ketones (excluding diaryl/α,β-unsaturated/α-hetero) is 1. The fourth-order valence-corrected chi connectivity index (χ4v) is 2.28. The van der Waals surface area contributed by atoms with Crippen LogP contribution in [0.25, 0.3) is 0 Å². The van der Waals surface area contributed by atoms with Crippen LogP contribution in [0, 0.1) is 5.92 Å². The van der Waals surface area contributed by atoms with Gasteiger partial charge in [-0.3, -0.25) is 4.79 Å². The number of ether oxygens (including phenoxy) is 1. The minimum absolute atomic E-state index is 0.0470. The van der Waals surface area contributed by atoms with Crippen LogP contribution >= 0.6 is 0 Å². The van der Waals surface area contributed by atoms with Crippen LogP contribution in [0.2, 0.25) is 5.82 Å². The van der Waals surface area contributed by atoms with Crippen molar-refractivity contribution >= 4 is 19.6 Å². The lowest BCUT2D eigenvalue weighted by Crippen LogP contribution is -2.27. The Morgan fingerprint density at radius 1 is 1.39 bits per heavy atom. The highest BCUT2D eigenvalue weighted by atomic mass is 16.5. The molecule has 2 rings (SSSR count). The number of carbonyl (C=O) groups is 2. The molecular weight excluding hydrogens is 227 g/mol. The van der Waals surface area contributed by atoms with Gasteiger partial charge in [0.15, 0.2) is 11.9 Å². The summed E-state index contributed by atoms with van der Waals surface area (Å²) < 4.78 is 5.24. The molecule has 18 heavy (non-hydrogen) atoms. The molecule has 0 bridgehead atoms. The van der Waals surface area contributed by atoms with E-state index in [1.54, 1.807) is 24.3 Å². The Kier molecular flexibility index (Phi) is 3.85. The van der Waals surface area contributed by atoms with Gasteiger partial charge < -0.3 is 4.74 Å². The van der Waals surface area contributed by atoms with Gasteiger partial charge in [0, 0.05) is 5.92 Å². The Balaban J connectivity index is 2.06. The first-order chi connectivity index (χ1) is 8.63. The molecule has 3 unspecified atom stereocenters. The fourth-order valence-electron chi connectivity index (χ4n) is 2.28. The number of rotatable bonds is 3. The van der Waals surface area contributed by atoms with Crippen molar-refractivity contribution in [2.45, 2.75) is 31.7 Å². The maximum absolute atomic E-state index is 12.0. The van der Waals surface area contributed by atoms with Gasteiger partial charge in [-0.2, -0.15) is 0 Å². The van der Waals surface area contributed by atoms with Crippen LogP contribution < -0.4 is 0 Å². The molecule has 0 spiro atoms. The molecule has 1 aliphatic carbocycles. The zero-order valence-corrected chi connectivity index (χ0v) is 10.3. The van der Waals surface area contributed by atoms with Gasteiger partial charge in [-0.15, -0.1) is 0 Å². The zero-order chi connectivity index (χ0) is 13.1. The first-order valence-corrected chi connectivity index (χ1v) is 6.18. The van der Waals surface area contributed by atoms with E-state index in [-0.39, 0.29) is 17.5 Å². The minimum atomic E-state index is -0.789. The maximum atomic E-state index is 12.0. The van der Waals surface area contributed by atoms with Crippen molar-refractivity contribution < 1.29 is 14.3 Å². The molecule has 3 atom stereocenters. The normalized spacial score (nSPS) is 27.2. The van der Waals surface area contributed by atoms with Crippen molar-refractivity contribution in [3.05, 3.63) is 35.9 Å². The summed E-state index contributed by atoms with van der Waals surface area (Å²) in [6.07, 6.45) is 0.552. The van der Waals surface area contributed by atoms with E-state index < -0.39 is 12.1 Å². The number of hydrogen-bond acceptors (Lipinski definition) is 3. The lowest BCUT2D eigenvalue weighted by molar-refractivity contribution is -0.128. The largest absolute Gasteiger partial charge is 0.451 e. The van der Waals surface area contributed by atoms with E-state index in [2.05, 4.69) is 0 Å². The molecule has 92 valence electrons. The lowest BCUT2D eigenvalue weighted by Gasteiger charge is -2.15. The second kappa shape index (κ2) is 5.38. The van der Waals surface area contributed by atoms with Crippen LogP contribution in [0.15, 0.2) is 30.3 Å². The van der Waals surface area contributed by atoms with Crippen molar-refractivity contribution in [3.8, 4) is 0 Å². The predicted molar refractivity (Wildman–Crippen MR) is 68.6 cm³/mol. The second-order valence-electron chi connectivity index (χ2n) is 4.60. The number of benzene rings is 1. The quantitative estimate of drug-likeness (QED) is 0.602. The zero-order valence-electron chi connectivity index (χ0n) is 10.3. The second-order valence-corrected chi connectivity index (χ2v) is 4.60. The van der Waals surface area contributed by atoms with Gasteiger partial charge in [0.25, 0.3) is 0 Å². The van der Waals surface area contributed by atoms with Crippen LogP contribution in [0.5, 0.6) is 0 Å². The number of carbonyl (C=O) groups excluding carboxylic acids is 2. The van der Waals surface area contributed by atoms with E-state index in [9.17, 15) is 9.59 Å². The molecular formula is C14H15BO3. The molecule has 0 aromatic heterocycles. The molecule has 0 amide bonds. The van der Waals surface area contributed by atoms with Gasteiger partial charge in [-0.25, -0.2) is 4.79 Å². The van der Waals surface area contributed by atoms with E-state index in [4.69, 9.17) is 12.6 Å². The summed E-state index contributed by atoms with van der Waals surface area (Å²) in [5.74, 6) is -0.987. The van der Waals surface area contributed by atoms with Crippen LogP contribution in [0.4, 0.5) is 0 Å². The summed E-state index contributed by atoms with van der Waals surface area (Å²) in [4.78, 5) is 23.8. The minimum Gasteiger partial charge on any atom is -0.451 e. The molecule has 0 aliphatic heterocycles. The van der Waals surface area contributed by atoms with Crippen molar-refractivity contribution in [3.63, 3.8) is 0 Å². The summed E-state index contributed by atoms with van der Waals surface area (Å²) in [5, 5.41) is 0. The lowest BCUT2D eigenvalue weighted by atomic mass is 9.83. The standard InChI is InChI=1S/C14H15BO3/c1-2-9-8-11(15)13(12(9)16)18-14(17)10-6-4-3-5-7-10/h3-7,9,11,13H,2,8H2,1H3. The monoisotopic (exact) mass is 242 g/mol. The van der Waals surface area contributed by atoms with Gasteiger partial charge >= 0.3 is 5.97 Å². The van der Waals surface area contributed by atoms with E-state index in [0.717, 1.165) is 6.42 Å². The molecule has 4 heteroatoms. The Labute approximate surface area is 108 Å². The molecule has 1 saturated carbocycles. The van der Waals surface area contributed by atoms with E-state index in [1.165, 1.54) is 0 Å². The predicted octanol–water partition coefficient (Wildman–Crippen LogP) is 2.17. The van der Waals surface area contributed by atoms with Crippen molar-refractivity contribution in [1.29, 1.82) is 0 Å². The van der Waals surface area contributed by atoms with Gasteiger partial charge in [-0.1, -0.05) is 25.1 Å². The average Bonchev–Trinajstić information content (AvgIpc) is 2.67. The summed E-state index contributed by atoms with van der Waals surface area (Å²) >= 11 is 0. The number of esters is 1. The third-order valence-corrected chi connectivity index (χ3v) is 3.36. The summed E-state index contributed by atoms with van der Waals surface area (Å²) in [7, 11) is 5.86. The van der Waals surface area contributed by atoms with Gasteiger partial charge in [0.1, 0.15) is 0 Å². The van der Waals surface area contributed by atoms with Crippen molar-refractivity contribution in [1.82, 2.24) is 0 Å². The highest BCUT2D eigenvalue weighted by Gasteiger charge is 2.40. The smallest absolute Gasteiger partial charge is 0.338 e. The highest BCUT2D eigenvalue weighted by molar-refractivity contribution is 6.16. The fraction of sp³-hybridized carbons (Fsp3) is 0.429. The molecule has 1 fully saturated rings. The molecule has 0 heterocycles. The van der Waals surface area contributed by atoms with E-state index in [0.29, 0.717) is 12.0 Å². The molecule has 1 aromatic rings. The Hall–Kier alpha value is -1.58. The molecule has 1 aliphatic rings. The Morgan fingerprint density at radius 2 is 2.06 bits per heavy atom. The number of ketones is 1. The molecule has 1 aromatic carbocycles. The SMILES string of the molecule is [B]C1CC(CC)C(=O)C1OC(=O)c1ccccc1. The van der Waals surface area contributed by atoms with Gasteiger partial charge in [0.2, 0.25) is 0 Å². The van der Waals surface area contributed by atoms with Crippen LogP contribution in [0.3, 0.4) is 0 Å². The summed E-state index contributed by atoms with van der Waals surface area (Å²) in [6.45, 7) is 1.94. The summed E-state index contributed by atoms with van der Waals surface area (Å²) in [6, 6.07) is 8.63. The third kappa shape index (κ3) is 2.47. The van der Waals surface area contributed by atoms with Crippen LogP contribution in [-0.4, -0.2) is 25.7 Å². The third-order valence-electron chi connectivity index (χ3n) is 3.36. The van der Waals surface area contributed by atoms with E-state index in [1.807, 2.05) is 13.0 Å². The van der Waals surface area contributed by atoms with Crippen molar-refractivity contribution in [2.75, 3.05) is 0 Å².